The standard InChI is InChI=1S/C32H26N4O6.C23H20N4O3.C6H7NO.C3Cl3N3.C3H3ClO/c1-4-29(37)40-24-13-7-21(8-14-24)19-27-34-28(20-22-9-15-25(16-10-22)41-30(38)5-2)36-32(35-27)33-23-11-17-26(18-12-23)42-31(39)6-3;28-18-7-1-15(2-8-18)13-21-25-22(14-16-3-9-19(29)10-4-16)27-23(26-21)24-17-5-11-20(30)12-6-17;7-5-1-3-6(8)4-2-5;4-1-7-2(5)9-3(6)8-1;1-2-3(4)5/h4-18H,1-3,19-20H2,(H,33,34,35,36);1-12,28-30H,13-14H2,(H,24,25,26,27);1-4,8H,7H2;;2H,1H2. The van der Waals surface area contributed by atoms with Crippen LogP contribution in [0.4, 0.5) is 29.0 Å². The first-order valence-electron chi connectivity index (χ1n) is 27.4. The number of rotatable bonds is 19. The quantitative estimate of drug-likeness (QED) is 0.00987. The van der Waals surface area contributed by atoms with Gasteiger partial charge in [0.1, 0.15) is 63.5 Å². The highest BCUT2D eigenvalue weighted by Gasteiger charge is 2.14. The number of phenolic OH excluding ortho intramolecular Hbond substituents is 4. The highest BCUT2D eigenvalue weighted by molar-refractivity contribution is 6.66. The maximum atomic E-state index is 11.5. The number of hydrogen-bond acceptors (Lipinski definition) is 23. The molecule has 27 heteroatoms. The number of allylic oxidation sites excluding steroid dienone is 1. The summed E-state index contributed by atoms with van der Waals surface area (Å²) < 4.78 is 15.4. The number of benzene rings is 7. The van der Waals surface area contributed by atoms with Gasteiger partial charge in [-0.15, -0.1) is 0 Å². The number of aromatic nitrogens is 9. The number of carbonyl (C=O) groups is 4. The molecule has 8 N–H and O–H groups in total. The summed E-state index contributed by atoms with van der Waals surface area (Å²) in [4.78, 5) is 81.7. The zero-order valence-corrected chi connectivity index (χ0v) is 52.4. The van der Waals surface area contributed by atoms with Gasteiger partial charge < -0.3 is 51.0 Å². The summed E-state index contributed by atoms with van der Waals surface area (Å²) in [5.74, 6) is 3.27. The Balaban J connectivity index is 0.000000230. The van der Waals surface area contributed by atoms with Gasteiger partial charge in [0.25, 0.3) is 0 Å². The van der Waals surface area contributed by atoms with E-state index in [1.165, 1.54) is 0 Å². The summed E-state index contributed by atoms with van der Waals surface area (Å²) in [5.41, 5.74) is 11.1. The van der Waals surface area contributed by atoms with Gasteiger partial charge in [-0.05, 0) is 196 Å². The lowest BCUT2D eigenvalue weighted by atomic mass is 10.1. The molecule has 478 valence electrons. The first-order valence-corrected chi connectivity index (χ1v) is 28.9. The van der Waals surface area contributed by atoms with E-state index in [2.05, 4.69) is 81.8 Å². The number of esters is 3. The predicted octanol–water partition coefficient (Wildman–Crippen LogP) is 12.7. The molecule has 7 aromatic carbocycles. The zero-order chi connectivity index (χ0) is 67.9. The largest absolute Gasteiger partial charge is 0.508 e. The molecular formula is C67H56Cl4N12O11. The van der Waals surface area contributed by atoms with Crippen molar-refractivity contribution < 1.29 is 53.8 Å². The third-order valence-corrected chi connectivity index (χ3v) is 12.3. The lowest BCUT2D eigenvalue weighted by Crippen LogP contribution is -2.09. The summed E-state index contributed by atoms with van der Waals surface area (Å²) in [6, 6.07) is 47.5. The Bertz CT molecular complexity index is 3760. The second-order valence-corrected chi connectivity index (χ2v) is 20.1. The Labute approximate surface area is 558 Å². The minimum absolute atomic E-state index is 0.000000000000000444. The van der Waals surface area contributed by atoms with Crippen LogP contribution in [0.3, 0.4) is 0 Å². The number of nitrogens with zero attached hydrogens (tertiary/aromatic N) is 9. The van der Waals surface area contributed by atoms with Crippen molar-refractivity contribution in [2.75, 3.05) is 16.4 Å². The Morgan fingerprint density at radius 2 is 0.606 bits per heavy atom. The van der Waals surface area contributed by atoms with Crippen molar-refractivity contribution in [3.05, 3.63) is 282 Å². The van der Waals surface area contributed by atoms with E-state index in [1.807, 2.05) is 48.5 Å². The molecule has 0 unspecified atom stereocenters. The van der Waals surface area contributed by atoms with E-state index in [0.717, 1.165) is 52.2 Å². The van der Waals surface area contributed by atoms with Crippen LogP contribution in [-0.2, 0) is 44.9 Å². The summed E-state index contributed by atoms with van der Waals surface area (Å²) in [6.07, 6.45) is 6.05. The first-order chi connectivity index (χ1) is 45.1. The molecule has 0 radical (unpaired) electrons. The van der Waals surface area contributed by atoms with Gasteiger partial charge >= 0.3 is 17.9 Å². The summed E-state index contributed by atoms with van der Waals surface area (Å²) in [5, 5.41) is 43.0. The normalized spacial score (nSPS) is 10.0. The van der Waals surface area contributed by atoms with Gasteiger partial charge in [-0.1, -0.05) is 74.8 Å². The van der Waals surface area contributed by atoms with Crippen molar-refractivity contribution in [3.8, 4) is 40.2 Å². The molecule has 0 atom stereocenters. The van der Waals surface area contributed by atoms with Crippen molar-refractivity contribution in [1.82, 2.24) is 44.9 Å². The molecule has 10 aromatic rings. The highest BCUT2D eigenvalue weighted by Crippen LogP contribution is 2.24. The molecule has 0 spiro atoms. The second kappa shape index (κ2) is 36.9. The van der Waals surface area contributed by atoms with Gasteiger partial charge in [0.05, 0.1) is 0 Å². The number of nitrogen functional groups attached to an aromatic ring is 1. The molecule has 0 aliphatic carbocycles. The minimum atomic E-state index is -0.554. The summed E-state index contributed by atoms with van der Waals surface area (Å²) in [7, 11) is 0. The molecule has 0 saturated heterocycles. The number of phenols is 4. The van der Waals surface area contributed by atoms with E-state index >= 15 is 0 Å². The molecule has 3 aromatic heterocycles. The molecule has 0 aliphatic rings. The van der Waals surface area contributed by atoms with Gasteiger partial charge in [-0.25, -0.2) is 24.4 Å². The number of anilines is 5. The molecule has 0 aliphatic heterocycles. The van der Waals surface area contributed by atoms with Crippen LogP contribution in [0.15, 0.2) is 220 Å². The van der Waals surface area contributed by atoms with E-state index in [9.17, 15) is 34.5 Å². The number of halogens is 4. The SMILES string of the molecule is C=CC(=O)Cl.C=CC(=O)Oc1ccc(Cc2nc(Cc3ccc(OC(=O)C=C)cc3)nc(Nc3ccc(OC(=O)C=C)cc3)n2)cc1.Clc1nc(Cl)nc(Cl)n1.Nc1ccc(O)cc1.Oc1ccc(Cc2nc(Cc3ccc(O)cc3)nc(Nc3ccc(O)cc3)n2)cc1. The van der Waals surface area contributed by atoms with Crippen LogP contribution in [0.25, 0.3) is 0 Å². The lowest BCUT2D eigenvalue weighted by molar-refractivity contribution is -0.129. The number of nitrogens with one attached hydrogen (secondary N) is 2. The fourth-order valence-electron chi connectivity index (χ4n) is 7.33. The number of ether oxygens (including phenoxy) is 3. The Hall–Kier alpha value is -11.6. The number of carbonyl (C=O) groups excluding carboxylic acids is 4. The third-order valence-electron chi connectivity index (χ3n) is 11.6. The van der Waals surface area contributed by atoms with Crippen LogP contribution in [0.2, 0.25) is 15.9 Å². The molecule has 0 saturated carbocycles. The van der Waals surface area contributed by atoms with E-state index < -0.39 is 23.2 Å². The molecule has 0 fully saturated rings. The Kier molecular flexibility index (Phi) is 28.0. The van der Waals surface area contributed by atoms with Crippen LogP contribution in [0.1, 0.15) is 45.6 Å². The average molecular weight is 1350 g/mol. The lowest BCUT2D eigenvalue weighted by Gasteiger charge is -2.11. The van der Waals surface area contributed by atoms with Crippen molar-refractivity contribution in [2.45, 2.75) is 25.7 Å². The molecule has 3 heterocycles. The Morgan fingerprint density at radius 1 is 0.372 bits per heavy atom. The molecule has 10 rings (SSSR count). The maximum absolute atomic E-state index is 11.5. The minimum Gasteiger partial charge on any atom is -0.508 e. The monoisotopic (exact) mass is 1340 g/mol. The van der Waals surface area contributed by atoms with Crippen molar-refractivity contribution in [2.24, 2.45) is 0 Å². The first kappa shape index (κ1) is 71.4. The fraction of sp³-hybridized carbons (Fsp3) is 0.0597. The van der Waals surface area contributed by atoms with Crippen LogP contribution in [-0.4, -0.2) is 88.4 Å². The van der Waals surface area contributed by atoms with Crippen LogP contribution >= 0.6 is 46.4 Å². The molecular weight excluding hydrogens is 1290 g/mol. The van der Waals surface area contributed by atoms with Crippen LogP contribution in [0.5, 0.6) is 40.2 Å². The number of aromatic hydroxyl groups is 4. The van der Waals surface area contributed by atoms with E-state index in [-0.39, 0.29) is 38.8 Å². The number of nitrogens with two attached hydrogens (primary N) is 1. The third kappa shape index (κ3) is 26.4. The molecule has 94 heavy (non-hydrogen) atoms. The van der Waals surface area contributed by atoms with E-state index in [1.54, 1.807) is 121 Å². The maximum Gasteiger partial charge on any atom is 0.335 e. The van der Waals surface area contributed by atoms with Gasteiger partial charge in [-0.3, -0.25) is 4.79 Å². The average Bonchev–Trinajstić information content (AvgIpc) is 1.22. The van der Waals surface area contributed by atoms with Crippen molar-refractivity contribution >= 4 is 98.5 Å². The van der Waals surface area contributed by atoms with Crippen LogP contribution < -0.4 is 30.6 Å². The van der Waals surface area contributed by atoms with Gasteiger partial charge in [0.15, 0.2) is 0 Å². The topological polar surface area (TPSA) is 343 Å². The highest BCUT2D eigenvalue weighted by atomic mass is 35.5. The fourth-order valence-corrected chi connectivity index (χ4v) is 7.94. The predicted molar refractivity (Wildman–Crippen MR) is 357 cm³/mol. The van der Waals surface area contributed by atoms with Gasteiger partial charge in [0.2, 0.25) is 33.0 Å². The molecule has 23 nitrogen and oxygen atoms in total. The second-order valence-electron chi connectivity index (χ2n) is 18.8. The molecule has 0 bridgehead atoms. The van der Waals surface area contributed by atoms with Gasteiger partial charge in [-0.2, -0.15) is 34.9 Å². The van der Waals surface area contributed by atoms with E-state index in [4.69, 9.17) is 71.5 Å². The number of hydrogen-bond donors (Lipinski definition) is 7. The molecule has 0 amide bonds. The van der Waals surface area contributed by atoms with E-state index in [0.29, 0.717) is 89.5 Å². The summed E-state index contributed by atoms with van der Waals surface area (Å²) in [6.45, 7) is 13.3. The zero-order valence-electron chi connectivity index (χ0n) is 49.4. The van der Waals surface area contributed by atoms with Crippen molar-refractivity contribution in [1.29, 1.82) is 0 Å². The summed E-state index contributed by atoms with van der Waals surface area (Å²) >= 11 is 20.7. The van der Waals surface area contributed by atoms with Gasteiger partial charge in [0, 0.05) is 61.0 Å². The van der Waals surface area contributed by atoms with Crippen LogP contribution in [0, 0.1) is 0 Å². The smallest absolute Gasteiger partial charge is 0.335 e. The van der Waals surface area contributed by atoms with Crippen molar-refractivity contribution in [3.63, 3.8) is 0 Å². The Morgan fingerprint density at radius 3 is 0.862 bits per heavy atom.